The molecular weight excluding hydrogens is 358 g/mol. The van der Waals surface area contributed by atoms with Crippen LogP contribution in [-0.2, 0) is 25.7 Å². The van der Waals surface area contributed by atoms with Gasteiger partial charge in [0.1, 0.15) is 6.04 Å². The SMILES string of the molecule is COC[C@H](NC(=O)[C@@H](N)CC(=O)O)C(=O)NCc1cccc(OC)c1OC. The van der Waals surface area contributed by atoms with Crippen molar-refractivity contribution in [1.82, 2.24) is 10.6 Å². The maximum atomic E-state index is 12.4. The van der Waals surface area contributed by atoms with E-state index in [1.54, 1.807) is 18.2 Å². The molecule has 0 aliphatic heterocycles. The molecule has 2 atom stereocenters. The molecule has 0 fully saturated rings. The highest BCUT2D eigenvalue weighted by Gasteiger charge is 2.25. The summed E-state index contributed by atoms with van der Waals surface area (Å²) in [5.74, 6) is -1.48. The molecule has 0 saturated carbocycles. The number of hydrogen-bond acceptors (Lipinski definition) is 7. The summed E-state index contributed by atoms with van der Waals surface area (Å²) in [7, 11) is 4.36. The van der Waals surface area contributed by atoms with Gasteiger partial charge in [0.25, 0.3) is 0 Å². The monoisotopic (exact) mass is 383 g/mol. The van der Waals surface area contributed by atoms with Crippen LogP contribution in [0.4, 0.5) is 0 Å². The number of amides is 2. The molecule has 0 aliphatic rings. The van der Waals surface area contributed by atoms with Crippen molar-refractivity contribution in [1.29, 1.82) is 0 Å². The van der Waals surface area contributed by atoms with Crippen LogP contribution in [0.25, 0.3) is 0 Å². The quantitative estimate of drug-likeness (QED) is 0.390. The fraction of sp³-hybridized carbons (Fsp3) is 0.471. The van der Waals surface area contributed by atoms with Gasteiger partial charge in [0.2, 0.25) is 11.8 Å². The van der Waals surface area contributed by atoms with Gasteiger partial charge < -0.3 is 35.7 Å². The zero-order valence-electron chi connectivity index (χ0n) is 15.5. The number of carboxylic acid groups (broad SMARTS) is 1. The van der Waals surface area contributed by atoms with E-state index in [0.717, 1.165) is 0 Å². The number of carbonyl (C=O) groups is 3. The molecule has 0 aromatic heterocycles. The molecule has 0 unspecified atom stereocenters. The van der Waals surface area contributed by atoms with Crippen LogP contribution in [-0.4, -0.2) is 62.9 Å². The van der Waals surface area contributed by atoms with E-state index in [-0.39, 0.29) is 13.2 Å². The van der Waals surface area contributed by atoms with Crippen LogP contribution in [0.2, 0.25) is 0 Å². The highest BCUT2D eigenvalue weighted by atomic mass is 16.5. The Morgan fingerprint density at radius 2 is 1.85 bits per heavy atom. The number of rotatable bonds is 11. The molecular formula is C17H25N3O7. The summed E-state index contributed by atoms with van der Waals surface area (Å²) in [4.78, 5) is 35.0. The first-order valence-corrected chi connectivity index (χ1v) is 8.08. The summed E-state index contributed by atoms with van der Waals surface area (Å²) in [5.41, 5.74) is 6.18. The molecule has 10 heteroatoms. The molecule has 5 N–H and O–H groups in total. The van der Waals surface area contributed by atoms with Gasteiger partial charge in [-0.2, -0.15) is 0 Å². The second kappa shape index (κ2) is 11.0. The predicted octanol–water partition coefficient (Wildman–Crippen LogP) is -0.747. The third-order valence-electron chi connectivity index (χ3n) is 3.64. The first-order chi connectivity index (χ1) is 12.8. The highest BCUT2D eigenvalue weighted by Crippen LogP contribution is 2.30. The molecule has 0 spiro atoms. The van der Waals surface area contributed by atoms with E-state index >= 15 is 0 Å². The zero-order chi connectivity index (χ0) is 20.4. The average molecular weight is 383 g/mol. The van der Waals surface area contributed by atoms with Gasteiger partial charge in [-0.05, 0) is 6.07 Å². The number of ether oxygens (including phenoxy) is 3. The normalized spacial score (nSPS) is 12.6. The number of benzene rings is 1. The van der Waals surface area contributed by atoms with E-state index in [1.165, 1.54) is 21.3 Å². The predicted molar refractivity (Wildman–Crippen MR) is 95.4 cm³/mol. The number of nitrogens with one attached hydrogen (secondary N) is 2. The second-order valence-electron chi connectivity index (χ2n) is 5.59. The summed E-state index contributed by atoms with van der Waals surface area (Å²) in [6.45, 7) is 0.0169. The Kier molecular flexibility index (Phi) is 9.03. The molecule has 0 radical (unpaired) electrons. The number of carboxylic acids is 1. The van der Waals surface area contributed by atoms with Crippen LogP contribution in [0.3, 0.4) is 0 Å². The molecule has 0 aliphatic carbocycles. The Hall–Kier alpha value is -2.85. The van der Waals surface area contributed by atoms with Crippen molar-refractivity contribution in [3.8, 4) is 11.5 Å². The van der Waals surface area contributed by atoms with Gasteiger partial charge in [-0.1, -0.05) is 12.1 Å². The van der Waals surface area contributed by atoms with Crippen LogP contribution in [0, 0.1) is 0 Å². The van der Waals surface area contributed by atoms with Crippen LogP contribution in [0.1, 0.15) is 12.0 Å². The summed E-state index contributed by atoms with van der Waals surface area (Å²) in [6, 6.07) is 2.94. The first-order valence-electron chi connectivity index (χ1n) is 8.08. The smallest absolute Gasteiger partial charge is 0.305 e. The fourth-order valence-electron chi connectivity index (χ4n) is 2.31. The Labute approximate surface area is 157 Å². The standard InChI is InChI=1S/C17H25N3O7/c1-25-9-12(20-16(23)11(18)7-14(21)22)17(24)19-8-10-5-4-6-13(26-2)15(10)27-3/h4-6,11-12H,7-9,18H2,1-3H3,(H,19,24)(H,20,23)(H,21,22)/t11-,12-/m0/s1. The average Bonchev–Trinajstić information content (AvgIpc) is 2.64. The van der Waals surface area contributed by atoms with E-state index in [0.29, 0.717) is 17.1 Å². The topological polar surface area (TPSA) is 149 Å². The minimum Gasteiger partial charge on any atom is -0.493 e. The lowest BCUT2D eigenvalue weighted by atomic mass is 10.1. The van der Waals surface area contributed by atoms with E-state index < -0.39 is 36.3 Å². The number of methoxy groups -OCH3 is 3. The maximum Gasteiger partial charge on any atom is 0.305 e. The van der Waals surface area contributed by atoms with Gasteiger partial charge in [-0.3, -0.25) is 14.4 Å². The van der Waals surface area contributed by atoms with Crippen LogP contribution in [0.15, 0.2) is 18.2 Å². The van der Waals surface area contributed by atoms with Crippen molar-refractivity contribution in [3.05, 3.63) is 23.8 Å². The number of carbonyl (C=O) groups excluding carboxylic acids is 2. The molecule has 10 nitrogen and oxygen atoms in total. The van der Waals surface area contributed by atoms with Gasteiger partial charge in [0.15, 0.2) is 11.5 Å². The largest absolute Gasteiger partial charge is 0.493 e. The number of aliphatic carboxylic acids is 1. The van der Waals surface area contributed by atoms with Gasteiger partial charge in [-0.25, -0.2) is 0 Å². The van der Waals surface area contributed by atoms with Crippen LogP contribution < -0.4 is 25.8 Å². The van der Waals surface area contributed by atoms with Crippen molar-refractivity contribution >= 4 is 17.8 Å². The molecule has 1 rings (SSSR count). The zero-order valence-corrected chi connectivity index (χ0v) is 15.5. The van der Waals surface area contributed by atoms with Crippen molar-refractivity contribution < 1.29 is 33.7 Å². The first kappa shape index (κ1) is 22.2. The molecule has 1 aromatic rings. The fourth-order valence-corrected chi connectivity index (χ4v) is 2.31. The minimum absolute atomic E-state index is 0.105. The van der Waals surface area contributed by atoms with E-state index in [4.69, 9.17) is 25.1 Å². The van der Waals surface area contributed by atoms with Crippen molar-refractivity contribution in [3.63, 3.8) is 0 Å². The van der Waals surface area contributed by atoms with Crippen LogP contribution >= 0.6 is 0 Å². The molecule has 0 saturated heterocycles. The molecule has 150 valence electrons. The van der Waals surface area contributed by atoms with Crippen molar-refractivity contribution in [2.45, 2.75) is 25.0 Å². The maximum absolute atomic E-state index is 12.4. The summed E-state index contributed by atoms with van der Waals surface area (Å²) >= 11 is 0. The Morgan fingerprint density at radius 3 is 2.41 bits per heavy atom. The molecule has 1 aromatic carbocycles. The van der Waals surface area contributed by atoms with E-state index in [1.807, 2.05) is 0 Å². The Morgan fingerprint density at radius 1 is 1.15 bits per heavy atom. The van der Waals surface area contributed by atoms with Crippen LogP contribution in [0.5, 0.6) is 11.5 Å². The lowest BCUT2D eigenvalue weighted by Crippen LogP contribution is -2.53. The molecule has 0 bridgehead atoms. The number of hydrogen-bond donors (Lipinski definition) is 4. The lowest BCUT2D eigenvalue weighted by Gasteiger charge is -2.20. The van der Waals surface area contributed by atoms with Gasteiger partial charge in [0, 0.05) is 19.2 Å². The summed E-state index contributed by atoms with van der Waals surface area (Å²) in [5, 5.41) is 13.8. The number of para-hydroxylation sites is 1. The van der Waals surface area contributed by atoms with Crippen molar-refractivity contribution in [2.75, 3.05) is 27.9 Å². The third kappa shape index (κ3) is 6.76. The molecule has 27 heavy (non-hydrogen) atoms. The highest BCUT2D eigenvalue weighted by molar-refractivity contribution is 5.91. The Bertz CT molecular complexity index is 666. The van der Waals surface area contributed by atoms with Crippen molar-refractivity contribution in [2.24, 2.45) is 5.73 Å². The van der Waals surface area contributed by atoms with E-state index in [2.05, 4.69) is 10.6 Å². The van der Waals surface area contributed by atoms with Gasteiger partial charge >= 0.3 is 5.97 Å². The second-order valence-corrected chi connectivity index (χ2v) is 5.59. The van der Waals surface area contributed by atoms with Gasteiger partial charge in [0.05, 0.1) is 33.3 Å². The number of nitrogens with two attached hydrogens (primary N) is 1. The van der Waals surface area contributed by atoms with Gasteiger partial charge in [-0.15, -0.1) is 0 Å². The Balaban J connectivity index is 2.76. The third-order valence-corrected chi connectivity index (χ3v) is 3.64. The van der Waals surface area contributed by atoms with E-state index in [9.17, 15) is 14.4 Å². The lowest BCUT2D eigenvalue weighted by molar-refractivity contribution is -0.139. The molecule has 2 amide bonds. The minimum atomic E-state index is -1.27. The summed E-state index contributed by atoms with van der Waals surface area (Å²) < 4.78 is 15.4. The summed E-state index contributed by atoms with van der Waals surface area (Å²) in [6.07, 6.45) is -0.547. The molecule has 0 heterocycles.